The highest BCUT2D eigenvalue weighted by molar-refractivity contribution is 5.37. The average molecular weight is 202 g/mol. The third-order valence-electron chi connectivity index (χ3n) is 2.71. The van der Waals surface area contributed by atoms with E-state index in [1.165, 1.54) is 24.3 Å². The van der Waals surface area contributed by atoms with Gasteiger partial charge in [-0.25, -0.2) is 0 Å². The standard InChI is InChI=1S/C10H9F3O/c11-10(12,13)9(5-6-9)7-1-3-8(14)4-2-7/h1-4,14H,5-6H2. The number of aromatic hydroxyl groups is 1. The number of benzene rings is 1. The molecule has 0 spiro atoms. The van der Waals surface area contributed by atoms with Crippen molar-refractivity contribution in [3.8, 4) is 5.75 Å². The Morgan fingerprint density at radius 1 is 1.07 bits per heavy atom. The van der Waals surface area contributed by atoms with Gasteiger partial charge >= 0.3 is 6.18 Å². The molecular formula is C10H9F3O. The zero-order chi connectivity index (χ0) is 10.4. The molecule has 1 aromatic rings. The van der Waals surface area contributed by atoms with Crippen molar-refractivity contribution in [1.82, 2.24) is 0 Å². The summed E-state index contributed by atoms with van der Waals surface area (Å²) in [5, 5.41) is 8.96. The molecule has 0 aliphatic heterocycles. The summed E-state index contributed by atoms with van der Waals surface area (Å²) in [6.07, 6.45) is -3.87. The molecule has 1 aliphatic rings. The summed E-state index contributed by atoms with van der Waals surface area (Å²) in [7, 11) is 0. The van der Waals surface area contributed by atoms with Gasteiger partial charge in [-0.15, -0.1) is 0 Å². The second kappa shape index (κ2) is 2.65. The first-order valence-electron chi connectivity index (χ1n) is 4.32. The van der Waals surface area contributed by atoms with Crippen LogP contribution in [0.15, 0.2) is 24.3 Å². The van der Waals surface area contributed by atoms with E-state index in [1.54, 1.807) is 0 Å². The molecule has 0 amide bonds. The molecule has 76 valence electrons. The largest absolute Gasteiger partial charge is 0.508 e. The lowest BCUT2D eigenvalue weighted by molar-refractivity contribution is -0.160. The summed E-state index contributed by atoms with van der Waals surface area (Å²) in [5.74, 6) is -0.00766. The fourth-order valence-corrected chi connectivity index (χ4v) is 1.64. The Labute approximate surface area is 79.2 Å². The van der Waals surface area contributed by atoms with Crippen molar-refractivity contribution in [3.05, 3.63) is 29.8 Å². The van der Waals surface area contributed by atoms with Crippen molar-refractivity contribution < 1.29 is 18.3 Å². The van der Waals surface area contributed by atoms with Gasteiger partial charge in [-0.1, -0.05) is 12.1 Å². The maximum absolute atomic E-state index is 12.6. The van der Waals surface area contributed by atoms with Crippen LogP contribution in [-0.4, -0.2) is 11.3 Å². The van der Waals surface area contributed by atoms with Gasteiger partial charge in [0.15, 0.2) is 0 Å². The third-order valence-corrected chi connectivity index (χ3v) is 2.71. The van der Waals surface area contributed by atoms with Crippen LogP contribution in [0.1, 0.15) is 18.4 Å². The van der Waals surface area contributed by atoms with E-state index < -0.39 is 11.6 Å². The summed E-state index contributed by atoms with van der Waals surface area (Å²) in [5.41, 5.74) is -1.39. The molecule has 0 radical (unpaired) electrons. The average Bonchev–Trinajstić information content (AvgIpc) is 2.84. The van der Waals surface area contributed by atoms with Gasteiger partial charge in [0.1, 0.15) is 5.75 Å². The number of phenols is 1. The first-order chi connectivity index (χ1) is 6.46. The fourth-order valence-electron chi connectivity index (χ4n) is 1.64. The van der Waals surface area contributed by atoms with Crippen LogP contribution in [0.5, 0.6) is 5.75 Å². The van der Waals surface area contributed by atoms with Crippen LogP contribution >= 0.6 is 0 Å². The molecule has 0 heterocycles. The van der Waals surface area contributed by atoms with Gasteiger partial charge in [-0.05, 0) is 30.5 Å². The molecule has 1 aliphatic carbocycles. The lowest BCUT2D eigenvalue weighted by Gasteiger charge is -2.19. The van der Waals surface area contributed by atoms with Crippen LogP contribution in [0.3, 0.4) is 0 Å². The molecular weight excluding hydrogens is 193 g/mol. The Morgan fingerprint density at radius 2 is 1.57 bits per heavy atom. The van der Waals surface area contributed by atoms with Crippen molar-refractivity contribution in [2.24, 2.45) is 0 Å². The van der Waals surface area contributed by atoms with Gasteiger partial charge in [0.25, 0.3) is 0 Å². The molecule has 0 aromatic heterocycles. The molecule has 4 heteroatoms. The number of phenolic OH excluding ortho intramolecular Hbond substituents is 1. The zero-order valence-corrected chi connectivity index (χ0v) is 7.30. The van der Waals surface area contributed by atoms with E-state index in [0.717, 1.165) is 0 Å². The lowest BCUT2D eigenvalue weighted by atomic mass is 9.95. The van der Waals surface area contributed by atoms with E-state index >= 15 is 0 Å². The number of hydrogen-bond acceptors (Lipinski definition) is 1. The Morgan fingerprint density at radius 3 is 1.93 bits per heavy atom. The Bertz CT molecular complexity index is 335. The van der Waals surface area contributed by atoms with Gasteiger partial charge < -0.3 is 5.11 Å². The highest BCUT2D eigenvalue weighted by atomic mass is 19.4. The number of alkyl halides is 3. The Hall–Kier alpha value is -1.19. The summed E-state index contributed by atoms with van der Waals surface area (Å²) in [6.45, 7) is 0. The van der Waals surface area contributed by atoms with Crippen molar-refractivity contribution in [2.45, 2.75) is 24.4 Å². The predicted molar refractivity (Wildman–Crippen MR) is 45.1 cm³/mol. The SMILES string of the molecule is Oc1ccc(C2(C(F)(F)F)CC2)cc1. The normalized spacial score (nSPS) is 19.4. The Kier molecular flexibility index (Phi) is 1.77. The van der Waals surface area contributed by atoms with Crippen LogP contribution in [-0.2, 0) is 5.41 Å². The van der Waals surface area contributed by atoms with E-state index in [4.69, 9.17) is 5.11 Å². The molecule has 14 heavy (non-hydrogen) atoms. The second-order valence-electron chi connectivity index (χ2n) is 3.63. The van der Waals surface area contributed by atoms with Crippen LogP contribution in [0.4, 0.5) is 13.2 Å². The smallest absolute Gasteiger partial charge is 0.398 e. The number of halogens is 3. The minimum atomic E-state index is -4.18. The monoisotopic (exact) mass is 202 g/mol. The van der Waals surface area contributed by atoms with Crippen LogP contribution in [0.25, 0.3) is 0 Å². The summed E-state index contributed by atoms with van der Waals surface area (Å²) >= 11 is 0. The van der Waals surface area contributed by atoms with Gasteiger partial charge in [0.05, 0.1) is 5.41 Å². The second-order valence-corrected chi connectivity index (χ2v) is 3.63. The molecule has 1 aromatic carbocycles. The van der Waals surface area contributed by atoms with Gasteiger partial charge in [-0.3, -0.25) is 0 Å². The van der Waals surface area contributed by atoms with Crippen molar-refractivity contribution in [1.29, 1.82) is 0 Å². The third kappa shape index (κ3) is 1.25. The van der Waals surface area contributed by atoms with Crippen molar-refractivity contribution in [2.75, 3.05) is 0 Å². The van der Waals surface area contributed by atoms with Crippen molar-refractivity contribution >= 4 is 0 Å². The summed E-state index contributed by atoms with van der Waals surface area (Å²) in [4.78, 5) is 0. The van der Waals surface area contributed by atoms with Gasteiger partial charge in [0, 0.05) is 0 Å². The number of rotatable bonds is 1. The van der Waals surface area contributed by atoms with Crippen LogP contribution in [0.2, 0.25) is 0 Å². The minimum absolute atomic E-state index is 0.00766. The quantitative estimate of drug-likeness (QED) is 0.742. The molecule has 1 saturated carbocycles. The molecule has 1 nitrogen and oxygen atoms in total. The van der Waals surface area contributed by atoms with Gasteiger partial charge in [-0.2, -0.15) is 13.2 Å². The number of hydrogen-bond donors (Lipinski definition) is 1. The summed E-state index contributed by atoms with van der Waals surface area (Å²) in [6, 6.07) is 5.27. The molecule has 0 bridgehead atoms. The lowest BCUT2D eigenvalue weighted by Crippen LogP contribution is -2.28. The van der Waals surface area contributed by atoms with E-state index in [0.29, 0.717) is 0 Å². The molecule has 0 saturated heterocycles. The molecule has 0 atom stereocenters. The van der Waals surface area contributed by atoms with E-state index in [9.17, 15) is 13.2 Å². The summed E-state index contributed by atoms with van der Waals surface area (Å²) < 4.78 is 37.9. The molecule has 1 N–H and O–H groups in total. The van der Waals surface area contributed by atoms with E-state index in [2.05, 4.69) is 0 Å². The molecule has 1 fully saturated rings. The Balaban J connectivity index is 2.36. The minimum Gasteiger partial charge on any atom is -0.508 e. The maximum Gasteiger partial charge on any atom is 0.398 e. The topological polar surface area (TPSA) is 20.2 Å². The first kappa shape index (κ1) is 9.37. The maximum atomic E-state index is 12.6. The highest BCUT2D eigenvalue weighted by Gasteiger charge is 2.64. The highest BCUT2D eigenvalue weighted by Crippen LogP contribution is 2.58. The fraction of sp³-hybridized carbons (Fsp3) is 0.400. The molecule has 2 rings (SSSR count). The van der Waals surface area contributed by atoms with E-state index in [1.807, 2.05) is 0 Å². The predicted octanol–water partition coefficient (Wildman–Crippen LogP) is 2.99. The van der Waals surface area contributed by atoms with E-state index in [-0.39, 0.29) is 24.2 Å². The van der Waals surface area contributed by atoms with Crippen LogP contribution < -0.4 is 0 Å². The zero-order valence-electron chi connectivity index (χ0n) is 7.30. The molecule has 0 unspecified atom stereocenters. The first-order valence-corrected chi connectivity index (χ1v) is 4.32. The van der Waals surface area contributed by atoms with Gasteiger partial charge in [0.2, 0.25) is 0 Å². The van der Waals surface area contributed by atoms with Crippen LogP contribution in [0, 0.1) is 0 Å². The van der Waals surface area contributed by atoms with Crippen molar-refractivity contribution in [3.63, 3.8) is 0 Å².